The number of carbonyl (C=O) groups is 2. The molecular weight excluding hydrogens is 441 g/mol. The van der Waals surface area contributed by atoms with Crippen molar-refractivity contribution in [3.63, 3.8) is 0 Å². The van der Waals surface area contributed by atoms with Crippen LogP contribution in [0.15, 0.2) is 67.3 Å². The molecule has 1 amide bonds. The fourth-order valence-electron chi connectivity index (χ4n) is 2.71. The largest absolute Gasteiger partial charge is 0.490 e. The molecule has 4 N–H and O–H groups in total. The lowest BCUT2D eigenvalue weighted by molar-refractivity contribution is -0.192. The Morgan fingerprint density at radius 1 is 1.03 bits per heavy atom. The molecule has 3 heterocycles. The molecule has 4 aromatic rings. The van der Waals surface area contributed by atoms with Gasteiger partial charge in [0, 0.05) is 18.0 Å². The zero-order valence-corrected chi connectivity index (χ0v) is 16.8. The number of pyridine rings is 1. The number of amides is 1. The number of nitrogens with zero attached hydrogens (tertiary/aromatic N) is 4. The predicted molar refractivity (Wildman–Crippen MR) is 111 cm³/mol. The minimum Gasteiger partial charge on any atom is -0.475 e. The van der Waals surface area contributed by atoms with Crippen molar-refractivity contribution in [1.29, 1.82) is 0 Å². The number of aromatic nitrogens is 5. The minimum atomic E-state index is -5.08. The van der Waals surface area contributed by atoms with Crippen LogP contribution in [0.5, 0.6) is 0 Å². The lowest BCUT2D eigenvalue weighted by Gasteiger charge is -2.01. The number of aliphatic carboxylic acids is 1. The van der Waals surface area contributed by atoms with Crippen LogP contribution in [0.3, 0.4) is 0 Å². The Bertz CT molecular complexity index is 1250. The number of imidazole rings is 1. The van der Waals surface area contributed by atoms with Gasteiger partial charge < -0.3 is 15.8 Å². The van der Waals surface area contributed by atoms with Crippen molar-refractivity contribution in [2.45, 2.75) is 12.7 Å². The van der Waals surface area contributed by atoms with Crippen molar-refractivity contribution in [2.24, 2.45) is 5.73 Å². The zero-order valence-electron chi connectivity index (χ0n) is 16.8. The third-order valence-corrected chi connectivity index (χ3v) is 4.19. The Balaban J connectivity index is 0.000000383. The van der Waals surface area contributed by atoms with E-state index in [0.717, 1.165) is 28.1 Å². The average Bonchev–Trinajstić information content (AvgIpc) is 3.44. The fraction of sp³-hybridized carbons (Fsp3) is 0.0952. The summed E-state index contributed by atoms with van der Waals surface area (Å²) in [6.45, 7) is 0.0521. The number of hydrogen-bond donors (Lipinski definition) is 3. The number of halogens is 3. The van der Waals surface area contributed by atoms with Crippen LogP contribution in [0.2, 0.25) is 0 Å². The van der Waals surface area contributed by atoms with Gasteiger partial charge in [0.25, 0.3) is 0 Å². The van der Waals surface area contributed by atoms with E-state index < -0.39 is 18.1 Å². The van der Waals surface area contributed by atoms with Crippen LogP contribution in [0, 0.1) is 0 Å². The molecule has 0 saturated carbocycles. The molecule has 4 rings (SSSR count). The SMILES string of the molecule is NC(=O)Cn1cc(-c2ccnc(-c3ncc(-c4ccccc4)[nH]3)c2)cn1.O=C(O)C(F)(F)F. The Morgan fingerprint density at radius 3 is 2.36 bits per heavy atom. The normalized spacial score (nSPS) is 10.9. The number of nitrogens with one attached hydrogen (secondary N) is 1. The molecule has 0 spiro atoms. The number of carboxylic acids is 1. The van der Waals surface area contributed by atoms with E-state index in [1.807, 2.05) is 42.5 Å². The van der Waals surface area contributed by atoms with Crippen molar-refractivity contribution in [3.05, 3.63) is 67.3 Å². The van der Waals surface area contributed by atoms with Gasteiger partial charge in [-0.25, -0.2) is 9.78 Å². The number of carboxylic acid groups (broad SMARTS) is 1. The van der Waals surface area contributed by atoms with Gasteiger partial charge in [0.1, 0.15) is 12.2 Å². The van der Waals surface area contributed by atoms with Crippen LogP contribution in [0.4, 0.5) is 13.2 Å². The topological polar surface area (TPSA) is 140 Å². The van der Waals surface area contributed by atoms with Crippen molar-refractivity contribution >= 4 is 11.9 Å². The molecule has 1 aromatic carbocycles. The van der Waals surface area contributed by atoms with E-state index in [0.29, 0.717) is 5.82 Å². The molecule has 0 saturated heterocycles. The molecule has 0 unspecified atom stereocenters. The number of nitrogens with two attached hydrogens (primary N) is 1. The summed E-state index contributed by atoms with van der Waals surface area (Å²) >= 11 is 0. The first kappa shape index (κ1) is 23.2. The molecule has 0 fully saturated rings. The van der Waals surface area contributed by atoms with E-state index in [-0.39, 0.29) is 6.54 Å². The second kappa shape index (κ2) is 9.77. The van der Waals surface area contributed by atoms with Crippen molar-refractivity contribution in [1.82, 2.24) is 24.7 Å². The average molecular weight is 458 g/mol. The van der Waals surface area contributed by atoms with Crippen LogP contribution in [0.1, 0.15) is 0 Å². The highest BCUT2D eigenvalue weighted by Crippen LogP contribution is 2.25. The first-order chi connectivity index (χ1) is 15.6. The minimum absolute atomic E-state index is 0.0521. The summed E-state index contributed by atoms with van der Waals surface area (Å²) in [6.07, 6.45) is 1.91. The van der Waals surface area contributed by atoms with Gasteiger partial charge in [0.2, 0.25) is 5.91 Å². The maximum atomic E-state index is 11.0. The molecule has 0 atom stereocenters. The molecule has 170 valence electrons. The summed E-state index contributed by atoms with van der Waals surface area (Å²) in [5, 5.41) is 11.3. The van der Waals surface area contributed by atoms with Gasteiger partial charge in [-0.3, -0.25) is 14.5 Å². The van der Waals surface area contributed by atoms with E-state index >= 15 is 0 Å². The van der Waals surface area contributed by atoms with Crippen LogP contribution in [0.25, 0.3) is 33.9 Å². The van der Waals surface area contributed by atoms with Crippen LogP contribution < -0.4 is 5.73 Å². The maximum Gasteiger partial charge on any atom is 0.490 e. The summed E-state index contributed by atoms with van der Waals surface area (Å²) < 4.78 is 33.2. The van der Waals surface area contributed by atoms with Crippen LogP contribution >= 0.6 is 0 Å². The molecule has 0 aliphatic carbocycles. The van der Waals surface area contributed by atoms with Crippen molar-refractivity contribution in [2.75, 3.05) is 0 Å². The molecule has 12 heteroatoms. The summed E-state index contributed by atoms with van der Waals surface area (Å²) in [6, 6.07) is 13.8. The second-order valence-corrected chi connectivity index (χ2v) is 6.64. The van der Waals surface area contributed by atoms with E-state index in [2.05, 4.69) is 20.1 Å². The highest BCUT2D eigenvalue weighted by atomic mass is 19.4. The number of H-pyrrole nitrogens is 1. The molecule has 0 radical (unpaired) electrons. The van der Waals surface area contributed by atoms with Gasteiger partial charge >= 0.3 is 12.1 Å². The van der Waals surface area contributed by atoms with Gasteiger partial charge in [-0.15, -0.1) is 0 Å². The molecule has 0 aliphatic heterocycles. The standard InChI is InChI=1S/C19H16N6O.C2HF3O2/c20-18(26)12-25-11-15(9-23-25)14-6-7-21-16(8-14)19-22-10-17(24-19)13-4-2-1-3-5-13;3-2(4,5)1(6)7/h1-11H,12H2,(H2,20,26)(H,22,24);(H,6,7). The first-order valence-electron chi connectivity index (χ1n) is 9.31. The summed E-state index contributed by atoms with van der Waals surface area (Å²) in [4.78, 5) is 32.1. The van der Waals surface area contributed by atoms with E-state index in [1.165, 1.54) is 4.68 Å². The summed E-state index contributed by atoms with van der Waals surface area (Å²) in [5.41, 5.74) is 9.74. The Kier molecular flexibility index (Phi) is 6.86. The van der Waals surface area contributed by atoms with Crippen LogP contribution in [-0.4, -0.2) is 47.9 Å². The Hall–Kier alpha value is -4.48. The lowest BCUT2D eigenvalue weighted by Crippen LogP contribution is -2.21. The molecular formula is C21H17F3N6O3. The number of carbonyl (C=O) groups excluding carboxylic acids is 1. The monoisotopic (exact) mass is 458 g/mol. The first-order valence-corrected chi connectivity index (χ1v) is 9.31. The third-order valence-electron chi connectivity index (χ3n) is 4.19. The predicted octanol–water partition coefficient (Wildman–Crippen LogP) is 3.12. The van der Waals surface area contributed by atoms with E-state index in [9.17, 15) is 18.0 Å². The van der Waals surface area contributed by atoms with Gasteiger partial charge in [0.05, 0.1) is 18.1 Å². The smallest absolute Gasteiger partial charge is 0.475 e. The summed E-state index contributed by atoms with van der Waals surface area (Å²) in [5.74, 6) is -2.50. The number of hydrogen-bond acceptors (Lipinski definition) is 5. The van der Waals surface area contributed by atoms with Gasteiger partial charge in [-0.2, -0.15) is 18.3 Å². The number of benzene rings is 1. The summed E-state index contributed by atoms with van der Waals surface area (Å²) in [7, 11) is 0. The highest BCUT2D eigenvalue weighted by Gasteiger charge is 2.38. The molecule has 3 aromatic heterocycles. The number of primary amides is 1. The zero-order chi connectivity index (χ0) is 24.0. The number of aromatic amines is 1. The second-order valence-electron chi connectivity index (χ2n) is 6.64. The van der Waals surface area contributed by atoms with Crippen molar-refractivity contribution in [3.8, 4) is 33.9 Å². The lowest BCUT2D eigenvalue weighted by atomic mass is 10.1. The van der Waals surface area contributed by atoms with Gasteiger partial charge in [-0.1, -0.05) is 30.3 Å². The quantitative estimate of drug-likeness (QED) is 0.420. The van der Waals surface area contributed by atoms with Crippen LogP contribution in [-0.2, 0) is 16.1 Å². The van der Waals surface area contributed by atoms with Gasteiger partial charge in [-0.05, 0) is 23.3 Å². The molecule has 33 heavy (non-hydrogen) atoms. The van der Waals surface area contributed by atoms with E-state index in [4.69, 9.17) is 15.6 Å². The molecule has 9 nitrogen and oxygen atoms in total. The maximum absolute atomic E-state index is 11.0. The molecule has 0 aliphatic rings. The number of alkyl halides is 3. The third kappa shape index (κ3) is 6.26. The Morgan fingerprint density at radius 2 is 1.73 bits per heavy atom. The molecule has 0 bridgehead atoms. The number of rotatable bonds is 5. The fourth-order valence-corrected chi connectivity index (χ4v) is 2.71. The Labute approximate surface area is 184 Å². The van der Waals surface area contributed by atoms with Crippen molar-refractivity contribution < 1.29 is 27.9 Å². The van der Waals surface area contributed by atoms with Gasteiger partial charge in [0.15, 0.2) is 5.82 Å². The van der Waals surface area contributed by atoms with E-state index in [1.54, 1.807) is 24.8 Å². The highest BCUT2D eigenvalue weighted by molar-refractivity contribution is 5.74.